The number of hydrogen-bond donors (Lipinski definition) is 3. The van der Waals surface area contributed by atoms with Gasteiger partial charge in [-0.05, 0) is 57.8 Å². The molecule has 4 heteroatoms. The zero-order chi connectivity index (χ0) is 52.0. The van der Waals surface area contributed by atoms with Gasteiger partial charge in [-0.1, -0.05) is 344 Å². The van der Waals surface area contributed by atoms with Gasteiger partial charge in [0.25, 0.3) is 0 Å². The predicted octanol–water partition coefficient (Wildman–Crippen LogP) is 21.9. The van der Waals surface area contributed by atoms with Crippen LogP contribution in [0.25, 0.3) is 0 Å². The molecule has 1 amide bonds. The van der Waals surface area contributed by atoms with Gasteiger partial charge in [0.2, 0.25) is 5.91 Å². The van der Waals surface area contributed by atoms with Crippen molar-refractivity contribution in [2.24, 2.45) is 0 Å². The highest BCUT2D eigenvalue weighted by molar-refractivity contribution is 5.76. The van der Waals surface area contributed by atoms with E-state index in [1.165, 1.54) is 263 Å². The van der Waals surface area contributed by atoms with Gasteiger partial charge in [0, 0.05) is 6.42 Å². The Kier molecular flexibility index (Phi) is 61.7. The van der Waals surface area contributed by atoms with Crippen molar-refractivity contribution >= 4 is 5.91 Å². The second-order valence-electron chi connectivity index (χ2n) is 22.2. The molecule has 0 fully saturated rings. The minimum atomic E-state index is -0.663. The van der Waals surface area contributed by atoms with E-state index in [9.17, 15) is 15.0 Å². The van der Waals surface area contributed by atoms with Crippen molar-refractivity contribution in [2.45, 2.75) is 360 Å². The first-order valence-corrected chi connectivity index (χ1v) is 32.5. The maximum absolute atomic E-state index is 12.5. The summed E-state index contributed by atoms with van der Waals surface area (Å²) in [6.07, 6.45) is 89.6. The molecule has 0 aliphatic heterocycles. The first-order valence-electron chi connectivity index (χ1n) is 32.5. The van der Waals surface area contributed by atoms with Crippen molar-refractivity contribution in [3.05, 3.63) is 60.8 Å². The smallest absolute Gasteiger partial charge is 0.220 e. The molecule has 3 N–H and O–H groups in total. The Labute approximate surface area is 451 Å². The zero-order valence-corrected chi connectivity index (χ0v) is 48.7. The summed E-state index contributed by atoms with van der Waals surface area (Å²) in [7, 11) is 0. The van der Waals surface area contributed by atoms with E-state index in [1.807, 2.05) is 0 Å². The summed E-state index contributed by atoms with van der Waals surface area (Å²) in [5.74, 6) is -0.0278. The third-order valence-electron chi connectivity index (χ3n) is 15.0. The largest absolute Gasteiger partial charge is 0.394 e. The molecule has 0 radical (unpaired) electrons. The molecule has 0 saturated carbocycles. The lowest BCUT2D eigenvalue weighted by Crippen LogP contribution is -2.45. The number of allylic oxidation sites excluding steroid dienone is 10. The van der Waals surface area contributed by atoms with Crippen molar-refractivity contribution in [3.63, 3.8) is 0 Å². The van der Waals surface area contributed by atoms with Gasteiger partial charge in [-0.25, -0.2) is 0 Å². The van der Waals surface area contributed by atoms with E-state index in [-0.39, 0.29) is 12.5 Å². The minimum absolute atomic E-state index is 0.0278. The Morgan fingerprint density at radius 2 is 0.611 bits per heavy atom. The highest BCUT2D eigenvalue weighted by Gasteiger charge is 2.20. The van der Waals surface area contributed by atoms with Crippen LogP contribution < -0.4 is 5.32 Å². The van der Waals surface area contributed by atoms with E-state index in [0.29, 0.717) is 12.8 Å². The molecular weight excluding hydrogens is 879 g/mol. The standard InChI is InChI=1S/C68H127NO3/c1-3-5-7-9-11-13-15-17-19-21-23-25-27-29-31-33-34-36-38-40-42-44-46-48-50-52-54-56-58-60-62-64-68(72)69-66(65-70)67(71)63-61-59-57-55-53-51-49-47-45-43-41-39-37-35-32-30-28-26-24-22-20-18-16-14-12-10-8-6-4-2/h5,7,11,13,17,19,23,25,29,31,66-67,70-71H,3-4,6,8-10,12,14-16,18,20-22,24,26-28,30,32-65H2,1-2H3,(H,69,72)/b7-5-,13-11-,19-17-,25-23-,31-29-. The van der Waals surface area contributed by atoms with Crippen LogP contribution in [0, 0.1) is 0 Å². The average molecular weight is 1010 g/mol. The number of rotatable bonds is 60. The molecule has 2 atom stereocenters. The predicted molar refractivity (Wildman–Crippen MR) is 322 cm³/mol. The van der Waals surface area contributed by atoms with Crippen molar-refractivity contribution < 1.29 is 15.0 Å². The van der Waals surface area contributed by atoms with Gasteiger partial charge >= 0.3 is 0 Å². The van der Waals surface area contributed by atoms with Crippen LogP contribution >= 0.6 is 0 Å². The number of carbonyl (C=O) groups is 1. The van der Waals surface area contributed by atoms with Crippen LogP contribution in [0.15, 0.2) is 60.8 Å². The zero-order valence-electron chi connectivity index (χ0n) is 48.7. The summed E-state index contributed by atoms with van der Waals surface area (Å²) in [6, 6.07) is -0.540. The Hall–Kier alpha value is -1.91. The summed E-state index contributed by atoms with van der Waals surface area (Å²) >= 11 is 0. The number of nitrogens with one attached hydrogen (secondary N) is 1. The molecule has 0 bridgehead atoms. The second kappa shape index (κ2) is 63.4. The third kappa shape index (κ3) is 59.0. The van der Waals surface area contributed by atoms with Gasteiger partial charge < -0.3 is 15.5 Å². The van der Waals surface area contributed by atoms with Crippen LogP contribution in [-0.4, -0.2) is 34.9 Å². The molecule has 0 aliphatic rings. The monoisotopic (exact) mass is 1010 g/mol. The van der Waals surface area contributed by atoms with Crippen LogP contribution in [0.4, 0.5) is 0 Å². The normalized spacial score (nSPS) is 13.1. The fourth-order valence-corrected chi connectivity index (χ4v) is 10.2. The minimum Gasteiger partial charge on any atom is -0.394 e. The van der Waals surface area contributed by atoms with Gasteiger partial charge in [0.1, 0.15) is 0 Å². The fourth-order valence-electron chi connectivity index (χ4n) is 10.2. The Morgan fingerprint density at radius 1 is 0.347 bits per heavy atom. The van der Waals surface area contributed by atoms with Crippen LogP contribution in [0.5, 0.6) is 0 Å². The van der Waals surface area contributed by atoms with E-state index < -0.39 is 12.1 Å². The quantitative estimate of drug-likeness (QED) is 0.0420. The Bertz CT molecular complexity index is 1190. The van der Waals surface area contributed by atoms with Crippen LogP contribution in [0.2, 0.25) is 0 Å². The van der Waals surface area contributed by atoms with Gasteiger partial charge in [-0.15, -0.1) is 0 Å². The highest BCUT2D eigenvalue weighted by Crippen LogP contribution is 2.19. The molecule has 2 unspecified atom stereocenters. The molecule has 0 spiro atoms. The molecule has 72 heavy (non-hydrogen) atoms. The molecule has 0 aromatic heterocycles. The lowest BCUT2D eigenvalue weighted by Gasteiger charge is -2.22. The summed E-state index contributed by atoms with van der Waals surface area (Å²) < 4.78 is 0. The second-order valence-corrected chi connectivity index (χ2v) is 22.2. The van der Waals surface area contributed by atoms with Crippen LogP contribution in [-0.2, 0) is 4.79 Å². The van der Waals surface area contributed by atoms with Gasteiger partial charge in [-0.3, -0.25) is 4.79 Å². The van der Waals surface area contributed by atoms with Crippen LogP contribution in [0.3, 0.4) is 0 Å². The van der Waals surface area contributed by atoms with Crippen molar-refractivity contribution in [3.8, 4) is 0 Å². The molecule has 0 heterocycles. The molecule has 0 aromatic carbocycles. The SMILES string of the molecule is CC/C=C\C/C=C\C/C=C\C/C=C\C/C=C\CCCCCCCCCCCCCCCCCC(=O)NC(CO)C(O)CCCCCCCCCCCCCCCCCCCCCCCCCCCCCCC. The lowest BCUT2D eigenvalue weighted by atomic mass is 10.0. The topological polar surface area (TPSA) is 69.6 Å². The van der Waals surface area contributed by atoms with Crippen LogP contribution in [0.1, 0.15) is 348 Å². The van der Waals surface area contributed by atoms with Gasteiger partial charge in [-0.2, -0.15) is 0 Å². The van der Waals surface area contributed by atoms with Crippen molar-refractivity contribution in [1.82, 2.24) is 5.32 Å². The molecular formula is C68H127NO3. The van der Waals surface area contributed by atoms with Gasteiger partial charge in [0.05, 0.1) is 18.8 Å². The molecule has 4 nitrogen and oxygen atoms in total. The molecule has 0 aliphatic carbocycles. The molecule has 0 rings (SSSR count). The Morgan fingerprint density at radius 3 is 0.917 bits per heavy atom. The third-order valence-corrected chi connectivity index (χ3v) is 15.0. The van der Waals surface area contributed by atoms with Crippen molar-refractivity contribution in [1.29, 1.82) is 0 Å². The maximum Gasteiger partial charge on any atom is 0.220 e. The van der Waals surface area contributed by atoms with E-state index >= 15 is 0 Å². The summed E-state index contributed by atoms with van der Waals surface area (Å²) in [6.45, 7) is 4.28. The molecule has 0 saturated heterocycles. The number of hydrogen-bond acceptors (Lipinski definition) is 3. The van der Waals surface area contributed by atoms with Crippen molar-refractivity contribution in [2.75, 3.05) is 6.61 Å². The maximum atomic E-state index is 12.5. The number of aliphatic hydroxyl groups excluding tert-OH is 2. The summed E-state index contributed by atoms with van der Waals surface area (Å²) in [4.78, 5) is 12.5. The summed E-state index contributed by atoms with van der Waals surface area (Å²) in [5, 5.41) is 23.4. The number of carbonyl (C=O) groups excluding carboxylic acids is 1. The Balaban J connectivity index is 3.43. The number of amides is 1. The van der Waals surface area contributed by atoms with E-state index in [4.69, 9.17) is 0 Å². The van der Waals surface area contributed by atoms with E-state index in [0.717, 1.165) is 57.8 Å². The average Bonchev–Trinajstić information content (AvgIpc) is 3.39. The lowest BCUT2D eigenvalue weighted by molar-refractivity contribution is -0.123. The summed E-state index contributed by atoms with van der Waals surface area (Å²) in [5.41, 5.74) is 0. The highest BCUT2D eigenvalue weighted by atomic mass is 16.3. The van der Waals surface area contributed by atoms with E-state index in [2.05, 4.69) is 79.9 Å². The first-order chi connectivity index (χ1) is 35.7. The van der Waals surface area contributed by atoms with Gasteiger partial charge in [0.15, 0.2) is 0 Å². The fraction of sp³-hybridized carbons (Fsp3) is 0.838. The molecule has 422 valence electrons. The number of aliphatic hydroxyl groups is 2. The number of unbranched alkanes of at least 4 members (excludes halogenated alkanes) is 43. The first kappa shape index (κ1) is 70.1. The molecule has 0 aromatic rings. The van der Waals surface area contributed by atoms with E-state index in [1.54, 1.807) is 0 Å².